The Bertz CT molecular complexity index is 1100. The number of anilines is 1. The molecule has 4 atom stereocenters. The van der Waals surface area contributed by atoms with Crippen LogP contribution in [0.3, 0.4) is 0 Å². The van der Waals surface area contributed by atoms with Gasteiger partial charge in [-0.3, -0.25) is 4.98 Å². The van der Waals surface area contributed by atoms with Crippen LogP contribution in [0.15, 0.2) is 90.2 Å². The third-order valence-electron chi connectivity index (χ3n) is 6.50. The van der Waals surface area contributed by atoms with Crippen molar-refractivity contribution in [2.45, 2.75) is 31.0 Å². The number of aliphatic imine (C=N–C) groups is 1. The molecule has 3 aliphatic rings. The van der Waals surface area contributed by atoms with Crippen molar-refractivity contribution in [1.82, 2.24) is 9.65 Å². The number of nitrogens with zero attached hydrogens (tertiary/aromatic N) is 4. The molecule has 3 aliphatic heterocycles. The Kier molecular flexibility index (Phi) is 5.81. The Morgan fingerprint density at radius 3 is 2.52 bits per heavy atom. The molecule has 168 valence electrons. The van der Waals surface area contributed by atoms with Gasteiger partial charge in [-0.1, -0.05) is 48.5 Å². The van der Waals surface area contributed by atoms with Crippen LogP contribution < -0.4 is 4.67 Å². The predicted octanol–water partition coefficient (Wildman–Crippen LogP) is 5.20. The number of hydrogen-bond acceptors (Lipinski definition) is 6. The van der Waals surface area contributed by atoms with Gasteiger partial charge < -0.3 is 13.9 Å². The average molecular weight is 459 g/mol. The highest BCUT2D eigenvalue weighted by molar-refractivity contribution is 7.52. The van der Waals surface area contributed by atoms with Crippen LogP contribution in [0.1, 0.15) is 30.1 Å². The molecule has 2 aromatic carbocycles. The minimum Gasteiger partial charge on any atom is -0.467 e. The van der Waals surface area contributed by atoms with Gasteiger partial charge in [-0.2, -0.15) is 0 Å². The monoisotopic (exact) mass is 458 g/mol. The highest BCUT2D eigenvalue weighted by Gasteiger charge is 2.45. The highest BCUT2D eigenvalue weighted by atomic mass is 31.2. The predicted molar refractivity (Wildman–Crippen MR) is 131 cm³/mol. The second-order valence-corrected chi connectivity index (χ2v) is 10.4. The molecule has 7 heteroatoms. The van der Waals surface area contributed by atoms with Crippen LogP contribution in [0.4, 0.5) is 5.69 Å². The minimum atomic E-state index is -0.866. The van der Waals surface area contributed by atoms with E-state index >= 15 is 0 Å². The van der Waals surface area contributed by atoms with Crippen molar-refractivity contribution in [2.24, 2.45) is 4.99 Å². The molecule has 0 radical (unpaired) electrons. The Labute approximate surface area is 195 Å². The summed E-state index contributed by atoms with van der Waals surface area (Å²) in [6, 6.07) is 25.4. The fourth-order valence-electron chi connectivity index (χ4n) is 4.87. The van der Waals surface area contributed by atoms with Gasteiger partial charge in [0, 0.05) is 42.8 Å². The van der Waals surface area contributed by atoms with Crippen LogP contribution in [-0.4, -0.2) is 47.3 Å². The fourth-order valence-corrected chi connectivity index (χ4v) is 7.16. The van der Waals surface area contributed by atoms with Crippen molar-refractivity contribution >= 4 is 20.0 Å². The number of para-hydroxylation sites is 1. The summed E-state index contributed by atoms with van der Waals surface area (Å²) >= 11 is 0. The maximum absolute atomic E-state index is 6.72. The Hall–Kier alpha value is -2.79. The van der Waals surface area contributed by atoms with Crippen LogP contribution in [0.2, 0.25) is 0 Å². The highest BCUT2D eigenvalue weighted by Crippen LogP contribution is 2.57. The van der Waals surface area contributed by atoms with Gasteiger partial charge in [0.15, 0.2) is 6.10 Å². The van der Waals surface area contributed by atoms with E-state index in [0.29, 0.717) is 18.5 Å². The topological polar surface area (TPSA) is 50.2 Å². The molecule has 6 nitrogen and oxygen atoms in total. The molecule has 2 fully saturated rings. The standard InChI is InChI=1S/C26H27N4O2P/c1-3-8-20(9-4-1)25-24(28-26(32-25)21-13-15-27-16-14-21)19-31-33-29-17-7-12-23(29)18-30(33)22-10-5-2-6-11-22/h1-6,8-11,13-16,23-25H,7,12,17-19H2/t23-,24-,25-,33?/m0/s1. The zero-order valence-electron chi connectivity index (χ0n) is 18.4. The molecule has 3 aromatic rings. The quantitative estimate of drug-likeness (QED) is 0.476. The average Bonchev–Trinajstić information content (AvgIpc) is 3.59. The summed E-state index contributed by atoms with van der Waals surface area (Å²) in [5.74, 6) is 0.665. The molecule has 0 bridgehead atoms. The summed E-state index contributed by atoms with van der Waals surface area (Å²) in [4.78, 5) is 9.10. The molecule has 0 spiro atoms. The van der Waals surface area contributed by atoms with E-state index in [1.165, 1.54) is 18.5 Å². The number of hydrogen-bond donors (Lipinski definition) is 0. The van der Waals surface area contributed by atoms with Gasteiger partial charge in [0.2, 0.25) is 14.3 Å². The van der Waals surface area contributed by atoms with Crippen LogP contribution in [-0.2, 0) is 9.26 Å². The van der Waals surface area contributed by atoms with E-state index < -0.39 is 8.45 Å². The first-order chi connectivity index (χ1) is 16.4. The lowest BCUT2D eigenvalue weighted by molar-refractivity contribution is 0.162. The normalized spacial score (nSPS) is 26.8. The summed E-state index contributed by atoms with van der Waals surface area (Å²) in [7, 11) is -0.866. The number of rotatable bonds is 6. The van der Waals surface area contributed by atoms with Gasteiger partial charge in [0.05, 0.1) is 6.61 Å². The van der Waals surface area contributed by atoms with Crippen molar-refractivity contribution in [3.8, 4) is 0 Å². The van der Waals surface area contributed by atoms with Crippen molar-refractivity contribution in [2.75, 3.05) is 24.4 Å². The molecular formula is C26H27N4O2P. The lowest BCUT2D eigenvalue weighted by atomic mass is 10.0. The third kappa shape index (κ3) is 4.15. The zero-order chi connectivity index (χ0) is 22.0. The minimum absolute atomic E-state index is 0.0997. The van der Waals surface area contributed by atoms with E-state index in [9.17, 15) is 0 Å². The fraction of sp³-hybridized carbons (Fsp3) is 0.308. The number of pyridine rings is 1. The summed E-state index contributed by atoms with van der Waals surface area (Å²) in [6.45, 7) is 2.66. The molecule has 2 saturated heterocycles. The zero-order valence-corrected chi connectivity index (χ0v) is 19.3. The van der Waals surface area contributed by atoms with Crippen molar-refractivity contribution in [3.05, 3.63) is 96.3 Å². The first-order valence-electron chi connectivity index (χ1n) is 11.6. The van der Waals surface area contributed by atoms with Gasteiger partial charge in [-0.25, -0.2) is 9.66 Å². The van der Waals surface area contributed by atoms with Crippen LogP contribution in [0.25, 0.3) is 0 Å². The molecule has 6 rings (SSSR count). The first-order valence-corrected chi connectivity index (χ1v) is 12.8. The van der Waals surface area contributed by atoms with E-state index in [1.807, 2.05) is 30.3 Å². The van der Waals surface area contributed by atoms with Crippen molar-refractivity contribution < 1.29 is 9.26 Å². The van der Waals surface area contributed by atoms with Gasteiger partial charge in [-0.05, 0) is 42.7 Å². The van der Waals surface area contributed by atoms with E-state index in [1.54, 1.807) is 12.4 Å². The molecule has 4 heterocycles. The van der Waals surface area contributed by atoms with E-state index in [-0.39, 0.29) is 12.1 Å². The van der Waals surface area contributed by atoms with Crippen molar-refractivity contribution in [3.63, 3.8) is 0 Å². The number of ether oxygens (including phenoxy) is 1. The summed E-state index contributed by atoms with van der Waals surface area (Å²) in [5, 5.41) is 0. The molecule has 0 N–H and O–H groups in total. The second kappa shape index (κ2) is 9.22. The second-order valence-electron chi connectivity index (χ2n) is 8.61. The Morgan fingerprint density at radius 2 is 1.73 bits per heavy atom. The smallest absolute Gasteiger partial charge is 0.218 e. The van der Waals surface area contributed by atoms with E-state index in [0.717, 1.165) is 24.2 Å². The summed E-state index contributed by atoms with van der Waals surface area (Å²) in [5.41, 5.74) is 3.31. The lowest BCUT2D eigenvalue weighted by Gasteiger charge is -2.30. The molecule has 0 amide bonds. The molecule has 1 unspecified atom stereocenters. The summed E-state index contributed by atoms with van der Waals surface area (Å²) in [6.07, 6.45) is 5.88. The van der Waals surface area contributed by atoms with Gasteiger partial charge in [0.1, 0.15) is 6.04 Å². The van der Waals surface area contributed by atoms with E-state index in [2.05, 4.69) is 56.8 Å². The maximum atomic E-state index is 6.72. The van der Waals surface area contributed by atoms with Gasteiger partial charge in [-0.15, -0.1) is 0 Å². The van der Waals surface area contributed by atoms with Gasteiger partial charge >= 0.3 is 0 Å². The summed E-state index contributed by atoms with van der Waals surface area (Å²) < 4.78 is 18.1. The maximum Gasteiger partial charge on any atom is 0.218 e. The first kappa shape index (κ1) is 20.8. The van der Waals surface area contributed by atoms with Crippen LogP contribution in [0, 0.1) is 0 Å². The molecule has 1 aromatic heterocycles. The van der Waals surface area contributed by atoms with Crippen molar-refractivity contribution in [1.29, 1.82) is 0 Å². The Morgan fingerprint density at radius 1 is 0.970 bits per heavy atom. The lowest BCUT2D eigenvalue weighted by Crippen LogP contribution is -2.23. The van der Waals surface area contributed by atoms with E-state index in [4.69, 9.17) is 14.3 Å². The SMILES string of the molecule is c1ccc([C@@H]2OC(c3ccncc3)=N[C@H]2COP2N(c3ccccc3)C[C@@H]3CCCN32)cc1. The van der Waals surface area contributed by atoms with Crippen LogP contribution in [0.5, 0.6) is 0 Å². The molecular weight excluding hydrogens is 431 g/mol. The molecule has 0 aliphatic carbocycles. The molecule has 33 heavy (non-hydrogen) atoms. The van der Waals surface area contributed by atoms with Gasteiger partial charge in [0.25, 0.3) is 0 Å². The Balaban J connectivity index is 1.25. The number of aromatic nitrogens is 1. The molecule has 0 saturated carbocycles. The largest absolute Gasteiger partial charge is 0.467 e. The number of fused-ring (bicyclic) bond motifs is 1. The third-order valence-corrected chi connectivity index (χ3v) is 8.65. The number of benzene rings is 2. The van der Waals surface area contributed by atoms with Crippen LogP contribution >= 0.6 is 8.45 Å².